The Morgan fingerprint density at radius 3 is 1.38 bits per heavy atom. The quantitative estimate of drug-likeness (QED) is 0.699. The molecule has 0 saturated carbocycles. The highest BCUT2D eigenvalue weighted by atomic mass is 79.9. The Bertz CT molecular complexity index is 52.0. The van der Waals surface area contributed by atoms with Crippen molar-refractivity contribution in [2.75, 3.05) is 11.8 Å². The number of rotatable bonds is 3. The van der Waals surface area contributed by atoms with E-state index in [0.717, 1.165) is 0 Å². The van der Waals surface area contributed by atoms with E-state index in [0.29, 0.717) is 11.8 Å². The van der Waals surface area contributed by atoms with Crippen LogP contribution in [0.5, 0.6) is 0 Å². The van der Waals surface area contributed by atoms with Gasteiger partial charge in [0.15, 0.2) is 0 Å². The monoisotopic (exact) mass is 282 g/mol. The maximum absolute atomic E-state index is 5.49. The molecule has 0 radical (unpaired) electrons. The molecule has 0 saturated heterocycles. The highest BCUT2D eigenvalue weighted by Gasteiger charge is 2.11. The van der Waals surface area contributed by atoms with E-state index in [2.05, 4.69) is 31.9 Å². The third-order valence-corrected chi connectivity index (χ3v) is 4.73. The van der Waals surface area contributed by atoms with Crippen LogP contribution in [-0.2, 0) is 0 Å². The van der Waals surface area contributed by atoms with Crippen LogP contribution in [0, 0.1) is 0 Å². The fourth-order valence-corrected chi connectivity index (χ4v) is 1.43. The predicted molar refractivity (Wildman–Crippen MR) is 46.9 cm³/mol. The van der Waals surface area contributed by atoms with E-state index in [1.54, 1.807) is 0 Å². The summed E-state index contributed by atoms with van der Waals surface area (Å²) in [5.41, 5.74) is 0. The lowest BCUT2D eigenvalue weighted by atomic mass is 10.4. The summed E-state index contributed by atoms with van der Waals surface area (Å²) < 4.78 is 0. The second-order valence-corrected chi connectivity index (χ2v) is 4.31. The Hall–Kier alpha value is 1.54. The number of halogens is 4. The second-order valence-electron chi connectivity index (χ2n) is 1.34. The number of hydrogen-bond donors (Lipinski definition) is 0. The first-order valence-electron chi connectivity index (χ1n) is 2.12. The van der Waals surface area contributed by atoms with Crippen LogP contribution >= 0.6 is 55.1 Å². The van der Waals surface area contributed by atoms with E-state index in [1.807, 2.05) is 0 Å². The lowest BCUT2D eigenvalue weighted by Gasteiger charge is -2.08. The smallest absolute Gasteiger partial charge is 0.0418 e. The van der Waals surface area contributed by atoms with Gasteiger partial charge in [-0.2, -0.15) is 0 Å². The normalized spacial score (nSPS) is 18.0. The van der Waals surface area contributed by atoms with Crippen molar-refractivity contribution in [2.24, 2.45) is 0 Å². The Balaban J connectivity index is 3.29. The van der Waals surface area contributed by atoms with Gasteiger partial charge in [-0.05, 0) is 0 Å². The summed E-state index contributed by atoms with van der Waals surface area (Å²) in [6.45, 7) is 0. The maximum atomic E-state index is 5.49. The molecule has 0 aromatic rings. The summed E-state index contributed by atoms with van der Waals surface area (Å²) in [6, 6.07) is 0. The van der Waals surface area contributed by atoms with Gasteiger partial charge in [-0.25, -0.2) is 0 Å². The van der Waals surface area contributed by atoms with Gasteiger partial charge >= 0.3 is 0 Å². The van der Waals surface area contributed by atoms with Crippen molar-refractivity contribution in [3.8, 4) is 0 Å². The first kappa shape index (κ1) is 9.54. The summed E-state index contributed by atoms with van der Waals surface area (Å²) in [5, 5.41) is 0. The Kier molecular flexibility index (Phi) is 6.36. The van der Waals surface area contributed by atoms with Crippen LogP contribution in [0.4, 0.5) is 0 Å². The van der Waals surface area contributed by atoms with Crippen molar-refractivity contribution in [3.05, 3.63) is 0 Å². The van der Waals surface area contributed by atoms with E-state index in [1.165, 1.54) is 0 Å². The zero-order valence-electron chi connectivity index (χ0n) is 4.08. The molecule has 0 aromatic carbocycles. The van der Waals surface area contributed by atoms with Crippen molar-refractivity contribution >= 4 is 55.1 Å². The molecule has 0 heterocycles. The Morgan fingerprint density at radius 1 is 1.00 bits per heavy atom. The molecule has 0 spiro atoms. The van der Waals surface area contributed by atoms with Crippen LogP contribution < -0.4 is 0 Å². The first-order valence-corrected chi connectivity index (χ1v) is 5.02. The zero-order chi connectivity index (χ0) is 6.57. The van der Waals surface area contributed by atoms with Gasteiger partial charge in [-0.15, -0.1) is 23.2 Å². The molecule has 0 aromatic heterocycles. The fourth-order valence-electron chi connectivity index (χ4n) is 0.193. The molecule has 2 atom stereocenters. The van der Waals surface area contributed by atoms with Crippen molar-refractivity contribution in [3.63, 3.8) is 0 Å². The third-order valence-electron chi connectivity index (χ3n) is 0.687. The highest BCUT2D eigenvalue weighted by Crippen LogP contribution is 2.16. The molecule has 0 unspecified atom stereocenters. The summed E-state index contributed by atoms with van der Waals surface area (Å²) in [6.07, 6.45) is 0. The van der Waals surface area contributed by atoms with Crippen molar-refractivity contribution in [1.29, 1.82) is 0 Å². The Morgan fingerprint density at radius 2 is 1.25 bits per heavy atom. The Labute approximate surface area is 76.2 Å². The fraction of sp³-hybridized carbons (Fsp3) is 1.00. The molecule has 0 aliphatic rings. The molecular weight excluding hydrogens is 279 g/mol. The van der Waals surface area contributed by atoms with E-state index in [9.17, 15) is 0 Å². The van der Waals surface area contributed by atoms with E-state index < -0.39 is 0 Å². The van der Waals surface area contributed by atoms with Gasteiger partial charge in [0, 0.05) is 21.4 Å². The average Bonchev–Trinajstić information content (AvgIpc) is 1.84. The minimum Gasteiger partial charge on any atom is -0.125 e. The molecular formula is C4H6Br2Cl2. The van der Waals surface area contributed by atoms with Crippen LogP contribution in [0.2, 0.25) is 0 Å². The molecule has 0 amide bonds. The van der Waals surface area contributed by atoms with Gasteiger partial charge in [0.25, 0.3) is 0 Å². The number of alkyl halides is 4. The van der Waals surface area contributed by atoms with Gasteiger partial charge in [0.2, 0.25) is 0 Å². The van der Waals surface area contributed by atoms with Crippen LogP contribution in [-0.4, -0.2) is 21.4 Å². The van der Waals surface area contributed by atoms with Gasteiger partial charge in [-0.3, -0.25) is 0 Å². The lowest BCUT2D eigenvalue weighted by Crippen LogP contribution is -2.16. The number of hydrogen-bond acceptors (Lipinski definition) is 0. The van der Waals surface area contributed by atoms with Crippen LogP contribution in [0.25, 0.3) is 0 Å². The third kappa shape index (κ3) is 3.54. The van der Waals surface area contributed by atoms with E-state index in [-0.39, 0.29) is 9.65 Å². The van der Waals surface area contributed by atoms with E-state index >= 15 is 0 Å². The molecule has 0 rings (SSSR count). The van der Waals surface area contributed by atoms with Crippen molar-refractivity contribution < 1.29 is 0 Å². The van der Waals surface area contributed by atoms with Gasteiger partial charge < -0.3 is 0 Å². The molecule has 50 valence electrons. The van der Waals surface area contributed by atoms with E-state index in [4.69, 9.17) is 23.2 Å². The van der Waals surface area contributed by atoms with Gasteiger partial charge in [-0.1, -0.05) is 31.9 Å². The molecule has 0 nitrogen and oxygen atoms in total. The highest BCUT2D eigenvalue weighted by molar-refractivity contribution is 9.12. The second kappa shape index (κ2) is 5.33. The predicted octanol–water partition coefficient (Wildman–Crippen LogP) is 2.99. The maximum Gasteiger partial charge on any atom is 0.0418 e. The molecule has 0 N–H and O–H groups in total. The van der Waals surface area contributed by atoms with Gasteiger partial charge in [0.1, 0.15) is 0 Å². The topological polar surface area (TPSA) is 0 Å². The summed E-state index contributed by atoms with van der Waals surface area (Å²) in [5.74, 6) is 1.17. The molecule has 4 heteroatoms. The van der Waals surface area contributed by atoms with Crippen LogP contribution in [0.1, 0.15) is 0 Å². The summed E-state index contributed by atoms with van der Waals surface area (Å²) in [7, 11) is 0. The summed E-state index contributed by atoms with van der Waals surface area (Å²) in [4.78, 5) is 0.559. The molecule has 0 fully saturated rings. The van der Waals surface area contributed by atoms with Gasteiger partial charge in [0.05, 0.1) is 0 Å². The van der Waals surface area contributed by atoms with Crippen molar-refractivity contribution in [1.82, 2.24) is 0 Å². The first-order chi connectivity index (χ1) is 3.72. The van der Waals surface area contributed by atoms with Crippen LogP contribution in [0.3, 0.4) is 0 Å². The SMILES string of the molecule is ClC[C@@H](Br)[C@@H](Br)CCl. The zero-order valence-corrected chi connectivity index (χ0v) is 8.76. The molecule has 0 aliphatic carbocycles. The average molecular weight is 285 g/mol. The largest absolute Gasteiger partial charge is 0.125 e. The lowest BCUT2D eigenvalue weighted by molar-refractivity contribution is 0.972. The standard InChI is InChI=1S/C4H6Br2Cl2/c5-3(1-7)4(6)2-8/h3-4H,1-2H2/t3-,4+. The summed E-state index contributed by atoms with van der Waals surface area (Å²) >= 11 is 17.7. The molecule has 8 heavy (non-hydrogen) atoms. The molecule has 0 bridgehead atoms. The minimum absolute atomic E-state index is 0.279. The minimum atomic E-state index is 0.279. The van der Waals surface area contributed by atoms with Crippen molar-refractivity contribution in [2.45, 2.75) is 9.65 Å². The van der Waals surface area contributed by atoms with Crippen LogP contribution in [0.15, 0.2) is 0 Å². The molecule has 0 aliphatic heterocycles.